The number of hydrogen-bond donors (Lipinski definition) is 1. The average molecular weight is 358 g/mol. The molecule has 0 unspecified atom stereocenters. The minimum absolute atomic E-state index is 0.121. The third-order valence-corrected chi connectivity index (χ3v) is 4.08. The monoisotopic (exact) mass is 357 g/mol. The van der Waals surface area contributed by atoms with Crippen LogP contribution in [0.25, 0.3) is 5.82 Å². The van der Waals surface area contributed by atoms with Crippen LogP contribution in [0.15, 0.2) is 41.6 Å². The molecule has 0 radical (unpaired) electrons. The SMILES string of the molecule is Cc1cc(C)n(C)c(=O)c1C(=O)Nc1ccc(-n2cc(Cl)cn2)nc1. The molecule has 0 saturated heterocycles. The Hall–Kier alpha value is -2.93. The van der Waals surface area contributed by atoms with Gasteiger partial charge < -0.3 is 9.88 Å². The van der Waals surface area contributed by atoms with Gasteiger partial charge in [0, 0.05) is 12.7 Å². The molecule has 7 nitrogen and oxygen atoms in total. The van der Waals surface area contributed by atoms with Crippen molar-refractivity contribution >= 4 is 23.2 Å². The van der Waals surface area contributed by atoms with E-state index in [4.69, 9.17) is 11.6 Å². The van der Waals surface area contributed by atoms with Gasteiger partial charge in [-0.1, -0.05) is 11.6 Å². The number of aryl methyl sites for hydroxylation is 2. The molecule has 0 aromatic carbocycles. The molecule has 1 N–H and O–H groups in total. The van der Waals surface area contributed by atoms with Crippen molar-refractivity contribution < 1.29 is 4.79 Å². The number of anilines is 1. The molecule has 3 aromatic heterocycles. The normalized spacial score (nSPS) is 10.7. The molecule has 3 heterocycles. The summed E-state index contributed by atoms with van der Waals surface area (Å²) in [4.78, 5) is 29.1. The molecular weight excluding hydrogens is 342 g/mol. The van der Waals surface area contributed by atoms with Crippen LogP contribution in [0, 0.1) is 13.8 Å². The van der Waals surface area contributed by atoms with E-state index in [1.165, 1.54) is 21.6 Å². The number of hydrogen-bond acceptors (Lipinski definition) is 4. The molecule has 0 aliphatic rings. The first-order valence-electron chi connectivity index (χ1n) is 7.52. The molecule has 0 aliphatic carbocycles. The lowest BCUT2D eigenvalue weighted by Gasteiger charge is -2.11. The number of pyridine rings is 2. The van der Waals surface area contributed by atoms with E-state index in [1.54, 1.807) is 38.4 Å². The minimum atomic E-state index is -0.463. The predicted octanol–water partition coefficient (Wildman–Crippen LogP) is 2.49. The number of rotatable bonds is 3. The molecule has 25 heavy (non-hydrogen) atoms. The third-order valence-electron chi connectivity index (χ3n) is 3.89. The Kier molecular flexibility index (Phi) is 4.41. The maximum absolute atomic E-state index is 12.5. The first-order chi connectivity index (χ1) is 11.9. The number of aromatic nitrogens is 4. The summed E-state index contributed by atoms with van der Waals surface area (Å²) in [6, 6.07) is 5.18. The summed E-state index contributed by atoms with van der Waals surface area (Å²) >= 11 is 5.83. The molecule has 0 fully saturated rings. The summed E-state index contributed by atoms with van der Waals surface area (Å²) in [6.07, 6.45) is 4.63. The number of nitrogens with zero attached hydrogens (tertiary/aromatic N) is 4. The van der Waals surface area contributed by atoms with Gasteiger partial charge in [0.2, 0.25) is 0 Å². The van der Waals surface area contributed by atoms with Crippen molar-refractivity contribution in [3.05, 3.63) is 69.0 Å². The van der Waals surface area contributed by atoms with E-state index in [0.29, 0.717) is 22.1 Å². The van der Waals surface area contributed by atoms with E-state index >= 15 is 0 Å². The van der Waals surface area contributed by atoms with Crippen LogP contribution in [-0.2, 0) is 7.05 Å². The summed E-state index contributed by atoms with van der Waals surface area (Å²) in [7, 11) is 1.64. The highest BCUT2D eigenvalue weighted by molar-refractivity contribution is 6.30. The maximum Gasteiger partial charge on any atom is 0.263 e. The molecular formula is C17H16ClN5O2. The van der Waals surface area contributed by atoms with Crippen LogP contribution in [0.4, 0.5) is 5.69 Å². The summed E-state index contributed by atoms with van der Waals surface area (Å²) < 4.78 is 2.97. The van der Waals surface area contributed by atoms with Crippen LogP contribution < -0.4 is 10.9 Å². The molecule has 8 heteroatoms. The van der Waals surface area contributed by atoms with Gasteiger partial charge in [-0.2, -0.15) is 5.10 Å². The fourth-order valence-electron chi connectivity index (χ4n) is 2.47. The van der Waals surface area contributed by atoms with Crippen molar-refractivity contribution in [1.29, 1.82) is 0 Å². The smallest absolute Gasteiger partial charge is 0.263 e. The lowest BCUT2D eigenvalue weighted by Crippen LogP contribution is -2.30. The predicted molar refractivity (Wildman–Crippen MR) is 95.5 cm³/mol. The van der Waals surface area contributed by atoms with Crippen LogP contribution in [0.1, 0.15) is 21.6 Å². The maximum atomic E-state index is 12.5. The second-order valence-electron chi connectivity index (χ2n) is 5.67. The Morgan fingerprint density at radius 2 is 2.00 bits per heavy atom. The van der Waals surface area contributed by atoms with Crippen molar-refractivity contribution in [2.45, 2.75) is 13.8 Å². The molecule has 0 saturated carbocycles. The summed E-state index contributed by atoms with van der Waals surface area (Å²) in [5.74, 6) is 0.0992. The molecule has 0 bridgehead atoms. The first-order valence-corrected chi connectivity index (χ1v) is 7.90. The Balaban J connectivity index is 1.85. The Morgan fingerprint density at radius 1 is 1.24 bits per heavy atom. The van der Waals surface area contributed by atoms with Gasteiger partial charge in [0.15, 0.2) is 5.82 Å². The van der Waals surface area contributed by atoms with E-state index in [9.17, 15) is 9.59 Å². The van der Waals surface area contributed by atoms with Gasteiger partial charge in [-0.05, 0) is 37.6 Å². The zero-order chi connectivity index (χ0) is 18.1. The molecule has 128 valence electrons. The third kappa shape index (κ3) is 3.32. The first kappa shape index (κ1) is 16.9. The number of nitrogens with one attached hydrogen (secondary N) is 1. The fourth-order valence-corrected chi connectivity index (χ4v) is 2.61. The topological polar surface area (TPSA) is 81.8 Å². The summed E-state index contributed by atoms with van der Waals surface area (Å²) in [5, 5.41) is 7.26. The largest absolute Gasteiger partial charge is 0.320 e. The molecule has 0 spiro atoms. The molecule has 0 aliphatic heterocycles. The number of carbonyl (C=O) groups is 1. The van der Waals surface area contributed by atoms with Gasteiger partial charge in [-0.15, -0.1) is 0 Å². The Labute approximate surface area is 148 Å². The number of carbonyl (C=O) groups excluding carboxylic acids is 1. The van der Waals surface area contributed by atoms with Crippen molar-refractivity contribution in [3.63, 3.8) is 0 Å². The van der Waals surface area contributed by atoms with E-state index in [0.717, 1.165) is 5.69 Å². The minimum Gasteiger partial charge on any atom is -0.320 e. The van der Waals surface area contributed by atoms with Crippen LogP contribution in [0.5, 0.6) is 0 Å². The summed E-state index contributed by atoms with van der Waals surface area (Å²) in [6.45, 7) is 3.56. The highest BCUT2D eigenvalue weighted by Crippen LogP contribution is 2.14. The van der Waals surface area contributed by atoms with Gasteiger partial charge in [0.1, 0.15) is 5.56 Å². The van der Waals surface area contributed by atoms with E-state index in [1.807, 2.05) is 6.92 Å². The van der Waals surface area contributed by atoms with Crippen LogP contribution in [-0.4, -0.2) is 25.2 Å². The van der Waals surface area contributed by atoms with Gasteiger partial charge in [0.25, 0.3) is 11.5 Å². The van der Waals surface area contributed by atoms with Crippen molar-refractivity contribution in [2.24, 2.45) is 7.05 Å². The van der Waals surface area contributed by atoms with Gasteiger partial charge in [0.05, 0.1) is 29.3 Å². The van der Waals surface area contributed by atoms with Crippen LogP contribution in [0.2, 0.25) is 5.02 Å². The second-order valence-corrected chi connectivity index (χ2v) is 6.11. The highest BCUT2D eigenvalue weighted by Gasteiger charge is 2.16. The van der Waals surface area contributed by atoms with Crippen molar-refractivity contribution in [2.75, 3.05) is 5.32 Å². The summed E-state index contributed by atoms with van der Waals surface area (Å²) in [5.41, 5.74) is 1.70. The quantitative estimate of drug-likeness (QED) is 0.780. The van der Waals surface area contributed by atoms with E-state index in [-0.39, 0.29) is 11.1 Å². The lowest BCUT2D eigenvalue weighted by molar-refractivity contribution is 0.102. The number of amides is 1. The zero-order valence-electron chi connectivity index (χ0n) is 13.9. The highest BCUT2D eigenvalue weighted by atomic mass is 35.5. The molecule has 1 amide bonds. The molecule has 0 atom stereocenters. The van der Waals surface area contributed by atoms with E-state index in [2.05, 4.69) is 15.4 Å². The molecule has 3 rings (SSSR count). The standard InChI is InChI=1S/C17H16ClN5O2/c1-10-6-11(2)22(3)17(25)15(10)16(24)21-13-4-5-14(19-8-13)23-9-12(18)7-20-23/h4-9H,1-3H3,(H,21,24). The Morgan fingerprint density at radius 3 is 2.60 bits per heavy atom. The fraction of sp³-hybridized carbons (Fsp3) is 0.176. The number of halogens is 1. The van der Waals surface area contributed by atoms with Crippen LogP contribution in [0.3, 0.4) is 0 Å². The van der Waals surface area contributed by atoms with E-state index < -0.39 is 5.91 Å². The second kappa shape index (κ2) is 6.52. The van der Waals surface area contributed by atoms with Crippen LogP contribution >= 0.6 is 11.6 Å². The average Bonchev–Trinajstić information content (AvgIpc) is 3.00. The molecule has 3 aromatic rings. The Bertz CT molecular complexity index is 1000. The van der Waals surface area contributed by atoms with Gasteiger partial charge in [-0.3, -0.25) is 9.59 Å². The zero-order valence-corrected chi connectivity index (χ0v) is 14.7. The lowest BCUT2D eigenvalue weighted by atomic mass is 10.1. The van der Waals surface area contributed by atoms with Gasteiger partial charge in [-0.25, -0.2) is 9.67 Å². The van der Waals surface area contributed by atoms with Crippen molar-refractivity contribution in [1.82, 2.24) is 19.3 Å². The van der Waals surface area contributed by atoms with Gasteiger partial charge >= 0.3 is 0 Å². The van der Waals surface area contributed by atoms with Crippen molar-refractivity contribution in [3.8, 4) is 5.82 Å².